The summed E-state index contributed by atoms with van der Waals surface area (Å²) in [7, 11) is 0. The predicted octanol–water partition coefficient (Wildman–Crippen LogP) is 4.55. The van der Waals surface area contributed by atoms with Gasteiger partial charge in [-0.1, -0.05) is 24.6 Å². The fourth-order valence-corrected chi connectivity index (χ4v) is 5.65. The summed E-state index contributed by atoms with van der Waals surface area (Å²) in [6.07, 6.45) is 4.34. The van der Waals surface area contributed by atoms with Crippen molar-refractivity contribution >= 4 is 23.5 Å². The number of fused-ring (bicyclic) bond motifs is 2. The van der Waals surface area contributed by atoms with Crippen LogP contribution < -0.4 is 4.90 Å². The molecule has 2 saturated carbocycles. The van der Waals surface area contributed by atoms with Gasteiger partial charge < -0.3 is 14.9 Å². The average molecular weight is 451 g/mol. The fourth-order valence-electron chi connectivity index (χ4n) is 5.65. The number of nitrogens with zero attached hydrogens (tertiary/aromatic N) is 2. The van der Waals surface area contributed by atoms with Crippen LogP contribution in [-0.4, -0.2) is 39.9 Å². The highest BCUT2D eigenvalue weighted by molar-refractivity contribution is 6.07. The Balaban J connectivity index is 1.55. The minimum absolute atomic E-state index is 0.0138. The summed E-state index contributed by atoms with van der Waals surface area (Å²) in [4.78, 5) is 41.7. The first kappa shape index (κ1) is 21.6. The molecule has 3 aliphatic rings. The third-order valence-electron chi connectivity index (χ3n) is 7.17. The van der Waals surface area contributed by atoms with Gasteiger partial charge in [-0.15, -0.1) is 0 Å². The van der Waals surface area contributed by atoms with E-state index in [0.29, 0.717) is 5.56 Å². The molecule has 3 atom stereocenters. The number of anilines is 1. The molecule has 0 saturated heterocycles. The molecule has 0 bridgehead atoms. The number of hydrogen-bond donors (Lipinski definition) is 1. The molecule has 0 radical (unpaired) electrons. The van der Waals surface area contributed by atoms with Crippen molar-refractivity contribution in [2.75, 3.05) is 4.90 Å². The second-order valence-corrected chi connectivity index (χ2v) is 9.27. The lowest BCUT2D eigenvalue weighted by molar-refractivity contribution is -0.142. The van der Waals surface area contributed by atoms with E-state index in [1.807, 2.05) is 34.1 Å². The van der Waals surface area contributed by atoms with E-state index in [0.717, 1.165) is 43.4 Å². The molecule has 2 aromatic carbocycles. The van der Waals surface area contributed by atoms with Crippen LogP contribution in [0, 0.1) is 11.7 Å². The summed E-state index contributed by atoms with van der Waals surface area (Å²) in [5.41, 5.74) is 2.16. The second kappa shape index (κ2) is 8.61. The highest BCUT2D eigenvalue weighted by atomic mass is 19.1. The molecule has 0 spiro atoms. The highest BCUT2D eigenvalue weighted by Gasteiger charge is 2.51. The first-order valence-electron chi connectivity index (χ1n) is 11.7. The number of hydrogen-bond acceptors (Lipinski definition) is 3. The molecule has 172 valence electrons. The molecular weight excluding hydrogens is 423 g/mol. The lowest BCUT2D eigenvalue weighted by atomic mass is 9.81. The second-order valence-electron chi connectivity index (χ2n) is 9.27. The number of aliphatic carboxylic acids is 1. The summed E-state index contributed by atoms with van der Waals surface area (Å²) in [5.74, 6) is -1.56. The number of carboxylic acid groups (broad SMARTS) is 1. The Labute approximate surface area is 192 Å². The van der Waals surface area contributed by atoms with Crippen molar-refractivity contribution in [3.05, 3.63) is 65.5 Å². The van der Waals surface area contributed by atoms with E-state index in [-0.39, 0.29) is 54.5 Å². The van der Waals surface area contributed by atoms with Crippen LogP contribution in [0.1, 0.15) is 66.9 Å². The number of carboxylic acids is 1. The summed E-state index contributed by atoms with van der Waals surface area (Å²) in [6, 6.07) is 13.3. The molecule has 1 heterocycles. The van der Waals surface area contributed by atoms with Gasteiger partial charge >= 0.3 is 5.97 Å². The van der Waals surface area contributed by atoms with E-state index in [1.54, 1.807) is 0 Å². The smallest absolute Gasteiger partial charge is 0.303 e. The maximum absolute atomic E-state index is 13.6. The Kier molecular flexibility index (Phi) is 5.64. The Bertz CT molecular complexity index is 1080. The van der Waals surface area contributed by atoms with Gasteiger partial charge in [0, 0.05) is 35.7 Å². The van der Waals surface area contributed by atoms with Gasteiger partial charge in [-0.25, -0.2) is 4.39 Å². The van der Waals surface area contributed by atoms with Crippen molar-refractivity contribution in [1.29, 1.82) is 0 Å². The van der Waals surface area contributed by atoms with Crippen LogP contribution in [0.2, 0.25) is 0 Å². The zero-order chi connectivity index (χ0) is 23.1. The quantitative estimate of drug-likeness (QED) is 0.700. The van der Waals surface area contributed by atoms with Gasteiger partial charge in [-0.3, -0.25) is 14.4 Å². The van der Waals surface area contributed by atoms with Crippen LogP contribution in [0.25, 0.3) is 0 Å². The number of carbonyl (C=O) groups is 3. The molecule has 33 heavy (non-hydrogen) atoms. The number of halogens is 1. The number of amides is 2. The number of benzene rings is 2. The molecule has 0 aromatic heterocycles. The normalized spacial score (nSPS) is 23.5. The number of para-hydroxylation sites is 1. The molecule has 1 N–H and O–H groups in total. The van der Waals surface area contributed by atoms with Crippen LogP contribution in [0.4, 0.5) is 10.1 Å². The standard InChI is InChI=1S/C26H27FN2O4/c27-17-10-8-16(9-11-17)26(33)29-21-6-2-1-4-19(21)25(20-5-3-7-22(20)29)28(18-12-13-18)23(30)14-15-24(31)32/h1-2,4,6,8-11,18,20,22,25H,3,5,7,12-15H2,(H,31,32)/t20-,22+,25-/m0/s1. The van der Waals surface area contributed by atoms with Crippen LogP contribution in [0.15, 0.2) is 48.5 Å². The molecule has 0 unspecified atom stereocenters. The molecular formula is C26H27FN2O4. The van der Waals surface area contributed by atoms with Gasteiger partial charge in [0.25, 0.3) is 5.91 Å². The minimum atomic E-state index is -0.974. The van der Waals surface area contributed by atoms with Gasteiger partial charge in [-0.05, 0) is 61.6 Å². The lowest BCUT2D eigenvalue weighted by Crippen LogP contribution is -2.52. The van der Waals surface area contributed by atoms with Gasteiger partial charge in [0.15, 0.2) is 0 Å². The van der Waals surface area contributed by atoms with Gasteiger partial charge in [0.05, 0.1) is 12.5 Å². The molecule has 6 nitrogen and oxygen atoms in total. The molecule has 2 aromatic rings. The molecule has 7 heteroatoms. The zero-order valence-corrected chi connectivity index (χ0v) is 18.3. The van der Waals surface area contributed by atoms with Gasteiger partial charge in [-0.2, -0.15) is 0 Å². The fraction of sp³-hybridized carbons (Fsp3) is 0.423. The highest BCUT2D eigenvalue weighted by Crippen LogP contribution is 2.52. The Morgan fingerprint density at radius 3 is 2.39 bits per heavy atom. The molecule has 1 aliphatic heterocycles. The minimum Gasteiger partial charge on any atom is -0.481 e. The molecule has 5 rings (SSSR count). The maximum Gasteiger partial charge on any atom is 0.303 e. The maximum atomic E-state index is 13.6. The Morgan fingerprint density at radius 2 is 1.70 bits per heavy atom. The van der Waals surface area contributed by atoms with Crippen LogP contribution >= 0.6 is 0 Å². The van der Waals surface area contributed by atoms with Crippen LogP contribution in [0.3, 0.4) is 0 Å². The van der Waals surface area contributed by atoms with Crippen molar-refractivity contribution in [1.82, 2.24) is 4.90 Å². The van der Waals surface area contributed by atoms with Gasteiger partial charge in [0.1, 0.15) is 5.82 Å². The van der Waals surface area contributed by atoms with Crippen molar-refractivity contribution in [3.8, 4) is 0 Å². The van der Waals surface area contributed by atoms with Crippen molar-refractivity contribution in [2.45, 2.75) is 63.1 Å². The molecule has 2 fully saturated rings. The number of carbonyl (C=O) groups excluding carboxylic acids is 2. The zero-order valence-electron chi connectivity index (χ0n) is 18.3. The summed E-state index contributed by atoms with van der Waals surface area (Å²) < 4.78 is 13.5. The van der Waals surface area contributed by atoms with E-state index in [2.05, 4.69) is 0 Å². The van der Waals surface area contributed by atoms with E-state index in [1.165, 1.54) is 24.3 Å². The van der Waals surface area contributed by atoms with Crippen molar-refractivity contribution < 1.29 is 23.9 Å². The van der Waals surface area contributed by atoms with E-state index in [9.17, 15) is 18.8 Å². The SMILES string of the molecule is O=C(O)CCC(=O)N(C1CC1)[C@H]1c2ccccc2N(C(=O)c2ccc(F)cc2)[C@@H]2CCC[C@@H]21. The summed E-state index contributed by atoms with van der Waals surface area (Å²) in [5, 5.41) is 9.10. The largest absolute Gasteiger partial charge is 0.481 e. The topological polar surface area (TPSA) is 77.9 Å². The first-order valence-corrected chi connectivity index (χ1v) is 11.7. The van der Waals surface area contributed by atoms with Crippen molar-refractivity contribution in [3.63, 3.8) is 0 Å². The lowest BCUT2D eigenvalue weighted by Gasteiger charge is -2.48. The van der Waals surface area contributed by atoms with E-state index < -0.39 is 5.97 Å². The Hall–Kier alpha value is -3.22. The Morgan fingerprint density at radius 1 is 0.970 bits per heavy atom. The third-order valence-corrected chi connectivity index (χ3v) is 7.17. The monoisotopic (exact) mass is 450 g/mol. The predicted molar refractivity (Wildman–Crippen MR) is 120 cm³/mol. The molecule has 2 amide bonds. The van der Waals surface area contributed by atoms with Crippen LogP contribution in [0.5, 0.6) is 0 Å². The summed E-state index contributed by atoms with van der Waals surface area (Å²) in [6.45, 7) is 0. The third kappa shape index (κ3) is 4.01. The molecule has 2 aliphatic carbocycles. The number of rotatable bonds is 6. The summed E-state index contributed by atoms with van der Waals surface area (Å²) >= 11 is 0. The van der Waals surface area contributed by atoms with Crippen molar-refractivity contribution in [2.24, 2.45) is 5.92 Å². The average Bonchev–Trinajstić information content (AvgIpc) is 3.53. The van der Waals surface area contributed by atoms with E-state index >= 15 is 0 Å². The van der Waals surface area contributed by atoms with E-state index in [4.69, 9.17) is 5.11 Å². The first-order chi connectivity index (χ1) is 16.0. The van der Waals surface area contributed by atoms with Gasteiger partial charge in [0.2, 0.25) is 5.91 Å². The van der Waals surface area contributed by atoms with Crippen LogP contribution in [-0.2, 0) is 9.59 Å².